The molecule has 1 amide bonds. The Morgan fingerprint density at radius 1 is 1.16 bits per heavy atom. The van der Waals surface area contributed by atoms with Gasteiger partial charge in [-0.25, -0.2) is 4.98 Å². The van der Waals surface area contributed by atoms with E-state index in [0.717, 1.165) is 21.7 Å². The molecule has 0 aliphatic rings. The van der Waals surface area contributed by atoms with E-state index in [1.807, 2.05) is 43.3 Å². The molecule has 0 saturated carbocycles. The van der Waals surface area contributed by atoms with Crippen molar-refractivity contribution in [2.75, 3.05) is 20.3 Å². The quantitative estimate of drug-likeness (QED) is 0.401. The summed E-state index contributed by atoms with van der Waals surface area (Å²) in [6.07, 6.45) is 0. The lowest BCUT2D eigenvalue weighted by atomic mass is 10.0. The van der Waals surface area contributed by atoms with E-state index < -0.39 is 0 Å². The van der Waals surface area contributed by atoms with Crippen molar-refractivity contribution in [3.63, 3.8) is 0 Å². The van der Waals surface area contributed by atoms with Crippen LogP contribution in [0.3, 0.4) is 0 Å². The number of nitrogens with zero attached hydrogens (tertiary/aromatic N) is 3. The number of ether oxygens (including phenoxy) is 1. The highest BCUT2D eigenvalue weighted by Gasteiger charge is 2.24. The Labute approximate surface area is 185 Å². The van der Waals surface area contributed by atoms with Gasteiger partial charge in [0.15, 0.2) is 0 Å². The molecule has 0 saturated heterocycles. The highest BCUT2D eigenvalue weighted by molar-refractivity contribution is 7.12. The number of aryl methyl sites for hydroxylation is 3. The van der Waals surface area contributed by atoms with E-state index in [0.29, 0.717) is 42.1 Å². The molecule has 31 heavy (non-hydrogen) atoms. The van der Waals surface area contributed by atoms with Crippen LogP contribution in [0.5, 0.6) is 0 Å². The lowest BCUT2D eigenvalue weighted by Crippen LogP contribution is -2.33. The molecule has 0 N–H and O–H groups in total. The van der Waals surface area contributed by atoms with E-state index in [1.54, 1.807) is 23.3 Å². The van der Waals surface area contributed by atoms with Gasteiger partial charge in [0, 0.05) is 35.5 Å². The number of thiophene rings is 1. The molecule has 0 aliphatic heterocycles. The predicted octanol–water partition coefficient (Wildman–Crippen LogP) is 5.17. The number of aromatic nitrogens is 2. The fourth-order valence-electron chi connectivity index (χ4n) is 3.71. The van der Waals surface area contributed by atoms with Crippen molar-refractivity contribution in [3.8, 4) is 11.3 Å². The molecule has 1 aromatic carbocycles. The van der Waals surface area contributed by atoms with E-state index >= 15 is 0 Å². The van der Waals surface area contributed by atoms with Crippen molar-refractivity contribution >= 4 is 28.3 Å². The number of fused-ring (bicyclic) bond motifs is 1. The minimum Gasteiger partial charge on any atom is -0.383 e. The van der Waals surface area contributed by atoms with E-state index in [2.05, 4.69) is 30.1 Å². The van der Waals surface area contributed by atoms with Gasteiger partial charge in [0.25, 0.3) is 11.6 Å². The van der Waals surface area contributed by atoms with Gasteiger partial charge in [-0.3, -0.25) is 4.79 Å². The first kappa shape index (κ1) is 21.2. The third kappa shape index (κ3) is 4.38. The Balaban J connectivity index is 1.80. The molecule has 0 spiro atoms. The molecule has 0 aliphatic carbocycles. The number of benzene rings is 1. The Bertz CT molecular complexity index is 1210. The van der Waals surface area contributed by atoms with Crippen LogP contribution in [0.1, 0.15) is 31.4 Å². The van der Waals surface area contributed by atoms with Crippen molar-refractivity contribution in [3.05, 3.63) is 69.0 Å². The van der Waals surface area contributed by atoms with Gasteiger partial charge < -0.3 is 14.2 Å². The van der Waals surface area contributed by atoms with Crippen LogP contribution < -0.4 is 0 Å². The van der Waals surface area contributed by atoms with Crippen molar-refractivity contribution < 1.29 is 14.1 Å². The van der Waals surface area contributed by atoms with Crippen molar-refractivity contribution in [1.82, 2.24) is 15.0 Å². The summed E-state index contributed by atoms with van der Waals surface area (Å²) in [5, 5.41) is 4.74. The van der Waals surface area contributed by atoms with E-state index in [4.69, 9.17) is 9.26 Å². The molecule has 3 heterocycles. The second kappa shape index (κ2) is 8.99. The summed E-state index contributed by atoms with van der Waals surface area (Å²) in [6, 6.07) is 13.9. The first-order valence-electron chi connectivity index (χ1n) is 10.1. The molecule has 4 rings (SSSR count). The summed E-state index contributed by atoms with van der Waals surface area (Å²) in [7, 11) is 1.64. The van der Waals surface area contributed by atoms with Gasteiger partial charge in [0.1, 0.15) is 0 Å². The lowest BCUT2D eigenvalue weighted by Gasteiger charge is -2.23. The second-order valence-corrected chi connectivity index (χ2v) is 9.00. The molecule has 0 atom stereocenters. The van der Waals surface area contributed by atoms with E-state index in [-0.39, 0.29) is 5.91 Å². The molecule has 3 aromatic heterocycles. The first-order chi connectivity index (χ1) is 15.0. The van der Waals surface area contributed by atoms with Gasteiger partial charge >= 0.3 is 0 Å². The van der Waals surface area contributed by atoms with Crippen molar-refractivity contribution in [2.24, 2.45) is 0 Å². The average Bonchev–Trinajstić information content (AvgIpc) is 3.31. The number of methoxy groups -OCH3 is 1. The summed E-state index contributed by atoms with van der Waals surface area (Å²) in [5.74, 6) is -0.0922. The Morgan fingerprint density at radius 2 is 1.94 bits per heavy atom. The van der Waals surface area contributed by atoms with Crippen LogP contribution >= 0.6 is 11.3 Å². The van der Waals surface area contributed by atoms with Crippen LogP contribution in [-0.2, 0) is 11.3 Å². The summed E-state index contributed by atoms with van der Waals surface area (Å²) >= 11 is 1.71. The number of pyridine rings is 1. The zero-order chi connectivity index (χ0) is 22.0. The lowest BCUT2D eigenvalue weighted by molar-refractivity contribution is 0.0682. The molecule has 0 bridgehead atoms. The molecular formula is C24H25N3O3S. The summed E-state index contributed by atoms with van der Waals surface area (Å²) in [4.78, 5) is 22.6. The van der Waals surface area contributed by atoms with E-state index in [1.165, 1.54) is 4.88 Å². The van der Waals surface area contributed by atoms with Gasteiger partial charge in [0.2, 0.25) is 0 Å². The maximum absolute atomic E-state index is 13.8. The molecule has 6 nitrogen and oxygen atoms in total. The van der Waals surface area contributed by atoms with Crippen molar-refractivity contribution in [1.29, 1.82) is 0 Å². The number of carbonyl (C=O) groups excluding carboxylic acids is 1. The molecule has 0 fully saturated rings. The Kier molecular flexibility index (Phi) is 6.15. The Morgan fingerprint density at radius 3 is 2.61 bits per heavy atom. The number of hydrogen-bond donors (Lipinski definition) is 0. The number of rotatable bonds is 7. The molecular weight excluding hydrogens is 410 g/mol. The Hall–Kier alpha value is -3.03. The van der Waals surface area contributed by atoms with Gasteiger partial charge in [0.05, 0.1) is 28.9 Å². The summed E-state index contributed by atoms with van der Waals surface area (Å²) in [5.41, 5.74) is 4.38. The molecule has 160 valence electrons. The van der Waals surface area contributed by atoms with Crippen molar-refractivity contribution in [2.45, 2.75) is 27.3 Å². The SMILES string of the molecule is COCCN(Cc1ccccc1)C(=O)c1cc(-c2cc(C)sc2C)nc2onc(C)c12. The minimum atomic E-state index is -0.0922. The van der Waals surface area contributed by atoms with Gasteiger partial charge in [-0.1, -0.05) is 35.5 Å². The summed E-state index contributed by atoms with van der Waals surface area (Å²) in [6.45, 7) is 7.38. The maximum atomic E-state index is 13.8. The standard InChI is InChI=1S/C24H25N3O3S/c1-15-12-19(17(3)31-15)21-13-20(22-16(2)26-30-23(22)25-21)24(28)27(10-11-29-4)14-18-8-6-5-7-9-18/h5-9,12-13H,10-11,14H2,1-4H3. The van der Waals surface area contributed by atoms with Crippen LogP contribution in [0.25, 0.3) is 22.4 Å². The largest absolute Gasteiger partial charge is 0.383 e. The number of carbonyl (C=O) groups is 1. The molecule has 0 unspecified atom stereocenters. The van der Waals surface area contributed by atoms with Crippen LogP contribution in [0.15, 0.2) is 47.0 Å². The minimum absolute atomic E-state index is 0.0922. The average molecular weight is 436 g/mol. The van der Waals surface area contributed by atoms with Gasteiger partial charge in [-0.2, -0.15) is 0 Å². The predicted molar refractivity (Wildman–Crippen MR) is 122 cm³/mol. The molecule has 7 heteroatoms. The normalized spacial score (nSPS) is 11.2. The third-order valence-corrected chi connectivity index (χ3v) is 6.20. The van der Waals surface area contributed by atoms with Gasteiger partial charge in [-0.15, -0.1) is 11.3 Å². The van der Waals surface area contributed by atoms with Crippen LogP contribution in [0, 0.1) is 20.8 Å². The van der Waals surface area contributed by atoms with Gasteiger partial charge in [-0.05, 0) is 38.5 Å². The second-order valence-electron chi connectivity index (χ2n) is 7.54. The third-order valence-electron chi connectivity index (χ3n) is 5.23. The van der Waals surface area contributed by atoms with Crippen LogP contribution in [0.4, 0.5) is 0 Å². The fraction of sp³-hybridized carbons (Fsp3) is 0.292. The molecule has 4 aromatic rings. The number of amides is 1. The first-order valence-corrected chi connectivity index (χ1v) is 11.0. The van der Waals surface area contributed by atoms with Crippen LogP contribution in [0.2, 0.25) is 0 Å². The van der Waals surface area contributed by atoms with E-state index in [9.17, 15) is 4.79 Å². The highest BCUT2D eigenvalue weighted by Crippen LogP contribution is 2.33. The zero-order valence-corrected chi connectivity index (χ0v) is 19.0. The molecule has 0 radical (unpaired) electrons. The zero-order valence-electron chi connectivity index (χ0n) is 18.1. The topological polar surface area (TPSA) is 68.5 Å². The summed E-state index contributed by atoms with van der Waals surface area (Å²) < 4.78 is 10.7. The smallest absolute Gasteiger partial charge is 0.259 e. The highest BCUT2D eigenvalue weighted by atomic mass is 32.1. The maximum Gasteiger partial charge on any atom is 0.259 e. The fourth-order valence-corrected chi connectivity index (χ4v) is 4.65. The monoisotopic (exact) mass is 435 g/mol. The van der Waals surface area contributed by atoms with Crippen LogP contribution in [-0.4, -0.2) is 41.2 Å². The number of hydrogen-bond acceptors (Lipinski definition) is 6.